The monoisotopic (exact) mass is 326 g/mol. The third kappa shape index (κ3) is 2.64. The molecule has 0 unspecified atom stereocenters. The van der Waals surface area contributed by atoms with E-state index in [0.717, 1.165) is 18.4 Å². The lowest BCUT2D eigenvalue weighted by Crippen LogP contribution is -2.47. The van der Waals surface area contributed by atoms with E-state index < -0.39 is 0 Å². The Labute approximate surface area is 146 Å². The van der Waals surface area contributed by atoms with Crippen molar-refractivity contribution in [3.8, 4) is 0 Å². The van der Waals surface area contributed by atoms with E-state index in [1.807, 2.05) is 0 Å². The van der Waals surface area contributed by atoms with Crippen LogP contribution in [0, 0.1) is 28.6 Å². The molecule has 3 aliphatic rings. The molecule has 2 saturated carbocycles. The molecule has 0 saturated heterocycles. The first-order valence-electron chi connectivity index (χ1n) is 9.33. The number of carbonyl (C=O) groups is 2. The Hall–Kier alpha value is -1.44. The minimum absolute atomic E-state index is 0.000903. The lowest BCUT2D eigenvalue weighted by Gasteiger charge is -2.54. The quantitative estimate of drug-likeness (QED) is 0.499. The van der Waals surface area contributed by atoms with Gasteiger partial charge >= 0.3 is 0 Å². The summed E-state index contributed by atoms with van der Waals surface area (Å²) in [6, 6.07) is 0. The van der Waals surface area contributed by atoms with E-state index in [-0.39, 0.29) is 28.3 Å². The zero-order valence-corrected chi connectivity index (χ0v) is 15.5. The third-order valence-electron chi connectivity index (χ3n) is 7.12. The molecule has 2 heteroatoms. The van der Waals surface area contributed by atoms with E-state index in [1.54, 1.807) is 6.08 Å². The number of carbonyl (C=O) groups excluding carboxylic acids is 2. The lowest BCUT2D eigenvalue weighted by molar-refractivity contribution is -0.115. The smallest absolute Gasteiger partial charge is 0.182 e. The fourth-order valence-electron chi connectivity index (χ4n) is 5.85. The van der Waals surface area contributed by atoms with Gasteiger partial charge < -0.3 is 0 Å². The predicted octanol–water partition coefficient (Wildman–Crippen LogP) is 5.06. The van der Waals surface area contributed by atoms with Crippen LogP contribution in [0.2, 0.25) is 0 Å². The van der Waals surface area contributed by atoms with E-state index in [2.05, 4.69) is 34.3 Å². The van der Waals surface area contributed by atoms with Crippen LogP contribution in [0.15, 0.2) is 36.0 Å². The van der Waals surface area contributed by atoms with E-state index in [0.29, 0.717) is 17.4 Å². The number of fused-ring (bicyclic) bond motifs is 1. The highest BCUT2D eigenvalue weighted by Crippen LogP contribution is 2.62. The van der Waals surface area contributed by atoms with Crippen LogP contribution in [0.25, 0.3) is 0 Å². The highest BCUT2D eigenvalue weighted by atomic mass is 16.1. The van der Waals surface area contributed by atoms with Gasteiger partial charge in [-0.05, 0) is 66.6 Å². The molecule has 0 amide bonds. The number of hydrogen-bond donors (Lipinski definition) is 0. The van der Waals surface area contributed by atoms with Crippen molar-refractivity contribution < 1.29 is 9.59 Å². The summed E-state index contributed by atoms with van der Waals surface area (Å²) < 4.78 is 0. The Kier molecular flexibility index (Phi) is 4.22. The molecule has 0 aromatic carbocycles. The van der Waals surface area contributed by atoms with Crippen molar-refractivity contribution in [3.05, 3.63) is 36.0 Å². The van der Waals surface area contributed by atoms with Crippen molar-refractivity contribution in [2.45, 2.75) is 59.8 Å². The molecular weight excluding hydrogens is 296 g/mol. The first kappa shape index (κ1) is 17.4. The van der Waals surface area contributed by atoms with Crippen LogP contribution in [0.5, 0.6) is 0 Å². The van der Waals surface area contributed by atoms with Crippen molar-refractivity contribution in [2.75, 3.05) is 0 Å². The van der Waals surface area contributed by atoms with Gasteiger partial charge in [0.15, 0.2) is 11.6 Å². The number of hydrogen-bond acceptors (Lipinski definition) is 2. The first-order chi connectivity index (χ1) is 11.2. The molecular formula is C22H30O2. The van der Waals surface area contributed by atoms with Crippen LogP contribution in [0.3, 0.4) is 0 Å². The topological polar surface area (TPSA) is 34.1 Å². The Bertz CT molecular complexity index is 649. The van der Waals surface area contributed by atoms with Gasteiger partial charge in [-0.3, -0.25) is 9.59 Å². The van der Waals surface area contributed by atoms with E-state index in [1.165, 1.54) is 31.4 Å². The Morgan fingerprint density at radius 1 is 1.08 bits per heavy atom. The molecule has 0 spiro atoms. The molecule has 0 aromatic heterocycles. The summed E-state index contributed by atoms with van der Waals surface area (Å²) in [5.74, 6) is 0.881. The molecule has 2 nitrogen and oxygen atoms in total. The Morgan fingerprint density at radius 2 is 1.79 bits per heavy atom. The summed E-state index contributed by atoms with van der Waals surface area (Å²) in [7, 11) is 0. The van der Waals surface area contributed by atoms with Gasteiger partial charge in [-0.1, -0.05) is 46.3 Å². The molecule has 0 N–H and O–H groups in total. The summed E-state index contributed by atoms with van der Waals surface area (Å²) in [4.78, 5) is 24.6. The number of allylic oxidation sites excluding steroid dienone is 5. The van der Waals surface area contributed by atoms with Crippen molar-refractivity contribution >= 4 is 11.6 Å². The van der Waals surface area contributed by atoms with Gasteiger partial charge in [0.05, 0.1) is 0 Å². The number of ketones is 2. The molecule has 24 heavy (non-hydrogen) atoms. The second-order valence-electron chi connectivity index (χ2n) is 9.09. The summed E-state index contributed by atoms with van der Waals surface area (Å²) >= 11 is 0. The molecule has 3 aliphatic carbocycles. The minimum atomic E-state index is -0.0653. The van der Waals surface area contributed by atoms with Gasteiger partial charge in [-0.25, -0.2) is 0 Å². The molecule has 3 rings (SSSR count). The second kappa shape index (κ2) is 5.82. The van der Waals surface area contributed by atoms with Gasteiger partial charge in [0.1, 0.15) is 0 Å². The number of rotatable bonds is 1. The first-order valence-corrected chi connectivity index (χ1v) is 9.33. The van der Waals surface area contributed by atoms with Gasteiger partial charge in [-0.2, -0.15) is 0 Å². The van der Waals surface area contributed by atoms with Crippen molar-refractivity contribution in [1.29, 1.82) is 0 Å². The molecule has 130 valence electrons. The van der Waals surface area contributed by atoms with Crippen molar-refractivity contribution in [2.24, 2.45) is 28.6 Å². The summed E-state index contributed by atoms with van der Waals surface area (Å²) in [6.07, 6.45) is 10.3. The van der Waals surface area contributed by atoms with Gasteiger partial charge in [0.2, 0.25) is 0 Å². The predicted molar refractivity (Wildman–Crippen MR) is 97.5 cm³/mol. The maximum atomic E-state index is 12.6. The molecule has 0 bridgehead atoms. The Balaban J connectivity index is 2.14. The molecule has 0 aliphatic heterocycles. The van der Waals surface area contributed by atoms with E-state index >= 15 is 0 Å². The van der Waals surface area contributed by atoms with Crippen LogP contribution in [0.1, 0.15) is 59.8 Å². The SMILES string of the molecule is C=C1[C@H](C2=CC(=O)C=CC2=O)[C@@]2(C)CCCC(C)(C)[C@@H]2CC[C@H]1C. The van der Waals surface area contributed by atoms with Crippen LogP contribution in [-0.2, 0) is 9.59 Å². The lowest BCUT2D eigenvalue weighted by atomic mass is 9.50. The zero-order chi connectivity index (χ0) is 17.7. The van der Waals surface area contributed by atoms with Crippen molar-refractivity contribution in [3.63, 3.8) is 0 Å². The molecule has 0 radical (unpaired) electrons. The normalized spacial score (nSPS) is 39.2. The maximum Gasteiger partial charge on any atom is 0.182 e. The maximum absolute atomic E-state index is 12.6. The molecule has 4 atom stereocenters. The summed E-state index contributed by atoms with van der Waals surface area (Å²) in [5.41, 5.74) is 2.12. The highest BCUT2D eigenvalue weighted by Gasteiger charge is 2.54. The van der Waals surface area contributed by atoms with E-state index in [4.69, 9.17) is 0 Å². The third-order valence-corrected chi connectivity index (χ3v) is 7.12. The van der Waals surface area contributed by atoms with Crippen molar-refractivity contribution in [1.82, 2.24) is 0 Å². The average molecular weight is 326 g/mol. The van der Waals surface area contributed by atoms with E-state index in [9.17, 15) is 9.59 Å². The average Bonchev–Trinajstić information content (AvgIpc) is 2.58. The standard InChI is InChI=1S/C22H30O2/c1-14-7-10-19-21(3,4)11-6-12-22(19,5)20(15(14)2)17-13-16(23)8-9-18(17)24/h8-9,13-14,19-20H,2,6-7,10-12H2,1,3-5H3/t14-,19+,20-,22+/m1/s1. The molecule has 0 aromatic rings. The molecule has 2 fully saturated rings. The minimum Gasteiger partial charge on any atom is -0.290 e. The fourth-order valence-corrected chi connectivity index (χ4v) is 5.85. The fraction of sp³-hybridized carbons (Fsp3) is 0.636. The summed E-state index contributed by atoms with van der Waals surface area (Å²) in [5, 5.41) is 0. The van der Waals surface area contributed by atoms with Gasteiger partial charge in [0.25, 0.3) is 0 Å². The molecule has 0 heterocycles. The Morgan fingerprint density at radius 3 is 2.50 bits per heavy atom. The van der Waals surface area contributed by atoms with Crippen LogP contribution >= 0.6 is 0 Å². The van der Waals surface area contributed by atoms with Crippen LogP contribution in [0.4, 0.5) is 0 Å². The zero-order valence-electron chi connectivity index (χ0n) is 15.5. The van der Waals surface area contributed by atoms with Crippen LogP contribution < -0.4 is 0 Å². The highest BCUT2D eigenvalue weighted by molar-refractivity contribution is 6.17. The largest absolute Gasteiger partial charge is 0.290 e. The van der Waals surface area contributed by atoms with Crippen LogP contribution in [-0.4, -0.2) is 11.6 Å². The van der Waals surface area contributed by atoms with Gasteiger partial charge in [0, 0.05) is 11.5 Å². The second-order valence-corrected chi connectivity index (χ2v) is 9.09. The summed E-state index contributed by atoms with van der Waals surface area (Å²) in [6.45, 7) is 13.8. The van der Waals surface area contributed by atoms with Gasteiger partial charge in [-0.15, -0.1) is 0 Å².